The van der Waals surface area contributed by atoms with Gasteiger partial charge in [-0.15, -0.1) is 0 Å². The van der Waals surface area contributed by atoms with Gasteiger partial charge in [-0.2, -0.15) is 0 Å². The van der Waals surface area contributed by atoms with Crippen LogP contribution in [0.15, 0.2) is 47.3 Å². The number of unbranched alkanes of at least 4 members (excludes halogenated alkanes) is 1. The molecule has 0 amide bonds. The van der Waals surface area contributed by atoms with Gasteiger partial charge < -0.3 is 10.3 Å². The van der Waals surface area contributed by atoms with Crippen molar-refractivity contribution in [2.45, 2.75) is 26.3 Å². The molecule has 20 heavy (non-hydrogen) atoms. The third kappa shape index (κ3) is 1.95. The highest BCUT2D eigenvalue weighted by atomic mass is 16.1. The zero-order chi connectivity index (χ0) is 14.1. The smallest absolute Gasteiger partial charge is 0.258 e. The molecule has 3 aromatic rings. The summed E-state index contributed by atoms with van der Waals surface area (Å²) < 4.78 is 1.88. The molecule has 1 heterocycles. The first-order chi connectivity index (χ1) is 9.72. The molecule has 0 saturated carbocycles. The van der Waals surface area contributed by atoms with Crippen LogP contribution in [0.4, 0.5) is 5.69 Å². The minimum absolute atomic E-state index is 0.0892. The molecule has 0 fully saturated rings. The van der Waals surface area contributed by atoms with Crippen molar-refractivity contribution in [1.29, 1.82) is 0 Å². The fraction of sp³-hybridized carbons (Fsp3) is 0.235. The lowest BCUT2D eigenvalue weighted by atomic mass is 10.1. The van der Waals surface area contributed by atoms with E-state index in [9.17, 15) is 4.79 Å². The number of pyridine rings is 1. The predicted octanol–water partition coefficient (Wildman–Crippen LogP) is 3.54. The fourth-order valence-electron chi connectivity index (χ4n) is 2.70. The second-order valence-electron chi connectivity index (χ2n) is 5.13. The number of anilines is 1. The van der Waals surface area contributed by atoms with E-state index in [1.165, 1.54) is 0 Å². The van der Waals surface area contributed by atoms with Crippen LogP contribution >= 0.6 is 0 Å². The first-order valence-corrected chi connectivity index (χ1v) is 7.03. The van der Waals surface area contributed by atoms with Gasteiger partial charge in [0.1, 0.15) is 0 Å². The molecule has 0 spiro atoms. The molecule has 0 atom stereocenters. The Hall–Kier alpha value is -2.29. The Morgan fingerprint density at radius 3 is 2.55 bits per heavy atom. The van der Waals surface area contributed by atoms with Gasteiger partial charge in [-0.3, -0.25) is 4.79 Å². The van der Waals surface area contributed by atoms with Crippen LogP contribution in [0.2, 0.25) is 0 Å². The van der Waals surface area contributed by atoms with E-state index >= 15 is 0 Å². The summed E-state index contributed by atoms with van der Waals surface area (Å²) in [5, 5.41) is 2.80. The summed E-state index contributed by atoms with van der Waals surface area (Å²) in [6, 6.07) is 13.5. The number of nitrogen functional groups attached to an aromatic ring is 1. The number of hydrogen-bond donors (Lipinski definition) is 1. The van der Waals surface area contributed by atoms with Crippen LogP contribution in [-0.4, -0.2) is 4.57 Å². The number of fused-ring (bicyclic) bond motifs is 3. The first kappa shape index (κ1) is 12.7. The number of nitrogens with two attached hydrogens (primary N) is 1. The van der Waals surface area contributed by atoms with Gasteiger partial charge >= 0.3 is 0 Å². The number of hydrogen-bond acceptors (Lipinski definition) is 2. The van der Waals surface area contributed by atoms with Crippen LogP contribution in [0, 0.1) is 0 Å². The van der Waals surface area contributed by atoms with Crippen molar-refractivity contribution in [1.82, 2.24) is 4.57 Å². The largest absolute Gasteiger partial charge is 0.399 e. The summed E-state index contributed by atoms with van der Waals surface area (Å²) in [5.41, 5.74) is 7.70. The third-order valence-corrected chi connectivity index (χ3v) is 3.74. The van der Waals surface area contributed by atoms with Gasteiger partial charge in [-0.05, 0) is 36.1 Å². The van der Waals surface area contributed by atoms with Crippen molar-refractivity contribution in [3.8, 4) is 0 Å². The molecule has 2 N–H and O–H groups in total. The summed E-state index contributed by atoms with van der Waals surface area (Å²) in [6.45, 7) is 2.88. The Labute approximate surface area is 117 Å². The van der Waals surface area contributed by atoms with E-state index in [1.54, 1.807) is 0 Å². The number of rotatable bonds is 3. The van der Waals surface area contributed by atoms with Gasteiger partial charge in [0.2, 0.25) is 0 Å². The molecule has 0 aliphatic rings. The quantitative estimate of drug-likeness (QED) is 0.582. The zero-order valence-electron chi connectivity index (χ0n) is 11.6. The highest BCUT2D eigenvalue weighted by molar-refractivity contribution is 6.06. The highest BCUT2D eigenvalue weighted by Crippen LogP contribution is 2.24. The number of nitrogens with zero attached hydrogens (tertiary/aromatic N) is 1. The topological polar surface area (TPSA) is 48.0 Å². The third-order valence-electron chi connectivity index (χ3n) is 3.74. The maximum Gasteiger partial charge on any atom is 0.258 e. The Balaban J connectivity index is 2.46. The Morgan fingerprint density at radius 1 is 1.05 bits per heavy atom. The van der Waals surface area contributed by atoms with Crippen molar-refractivity contribution in [3.63, 3.8) is 0 Å². The Kier molecular flexibility index (Phi) is 3.18. The summed E-state index contributed by atoms with van der Waals surface area (Å²) in [4.78, 5) is 12.7. The van der Waals surface area contributed by atoms with E-state index in [2.05, 4.69) is 6.92 Å². The molecule has 3 nitrogen and oxygen atoms in total. The second-order valence-corrected chi connectivity index (χ2v) is 5.13. The van der Waals surface area contributed by atoms with Gasteiger partial charge in [-0.25, -0.2) is 0 Å². The van der Waals surface area contributed by atoms with Crippen LogP contribution < -0.4 is 11.3 Å². The van der Waals surface area contributed by atoms with E-state index < -0.39 is 0 Å². The molecule has 2 aromatic carbocycles. The summed E-state index contributed by atoms with van der Waals surface area (Å²) in [7, 11) is 0. The molecular formula is C17H18N2O. The van der Waals surface area contributed by atoms with Crippen molar-refractivity contribution in [2.24, 2.45) is 0 Å². The average molecular weight is 266 g/mol. The van der Waals surface area contributed by atoms with Gasteiger partial charge in [0.05, 0.1) is 5.52 Å². The molecular weight excluding hydrogens is 248 g/mol. The van der Waals surface area contributed by atoms with Crippen molar-refractivity contribution in [3.05, 3.63) is 52.8 Å². The van der Waals surface area contributed by atoms with Crippen LogP contribution in [0.5, 0.6) is 0 Å². The zero-order valence-corrected chi connectivity index (χ0v) is 11.6. The number of benzene rings is 2. The monoisotopic (exact) mass is 266 g/mol. The fourth-order valence-corrected chi connectivity index (χ4v) is 2.70. The van der Waals surface area contributed by atoms with Crippen molar-refractivity contribution >= 4 is 27.4 Å². The van der Waals surface area contributed by atoms with Gasteiger partial charge in [0.25, 0.3) is 5.56 Å². The Bertz CT molecular complexity index is 833. The van der Waals surface area contributed by atoms with E-state index in [1.807, 2.05) is 47.0 Å². The maximum atomic E-state index is 12.7. The number of aromatic nitrogens is 1. The molecule has 3 heteroatoms. The SMILES string of the molecule is CCCCn1c(=O)c2ccccc2c2cc(N)ccc21. The molecule has 102 valence electrons. The lowest BCUT2D eigenvalue weighted by molar-refractivity contribution is 0.635. The lowest BCUT2D eigenvalue weighted by Crippen LogP contribution is -2.21. The average Bonchev–Trinajstić information content (AvgIpc) is 2.48. The molecule has 0 bridgehead atoms. The van der Waals surface area contributed by atoms with Crippen LogP contribution in [0.25, 0.3) is 21.7 Å². The van der Waals surface area contributed by atoms with Crippen LogP contribution in [0.1, 0.15) is 19.8 Å². The van der Waals surface area contributed by atoms with Crippen molar-refractivity contribution < 1.29 is 0 Å². The second kappa shape index (κ2) is 5.00. The molecule has 0 aliphatic carbocycles. The molecule has 3 rings (SSSR count). The highest BCUT2D eigenvalue weighted by Gasteiger charge is 2.10. The number of aryl methyl sites for hydroxylation is 1. The van der Waals surface area contributed by atoms with E-state index in [-0.39, 0.29) is 5.56 Å². The molecule has 0 saturated heterocycles. The Morgan fingerprint density at radius 2 is 1.80 bits per heavy atom. The van der Waals surface area contributed by atoms with Crippen molar-refractivity contribution in [2.75, 3.05) is 5.73 Å². The molecule has 0 radical (unpaired) electrons. The van der Waals surface area contributed by atoms with Crippen LogP contribution in [0.3, 0.4) is 0 Å². The summed E-state index contributed by atoms with van der Waals surface area (Å²) in [6.07, 6.45) is 2.06. The van der Waals surface area contributed by atoms with Gasteiger partial charge in [0.15, 0.2) is 0 Å². The summed E-state index contributed by atoms with van der Waals surface area (Å²) >= 11 is 0. The molecule has 0 aliphatic heterocycles. The standard InChI is InChI=1S/C17H18N2O/c1-2-3-10-19-16-9-8-12(18)11-15(16)13-6-4-5-7-14(13)17(19)20/h4-9,11H,2-3,10,18H2,1H3. The summed E-state index contributed by atoms with van der Waals surface area (Å²) in [5.74, 6) is 0. The molecule has 0 unspecified atom stereocenters. The van der Waals surface area contributed by atoms with E-state index in [0.717, 1.165) is 46.7 Å². The van der Waals surface area contributed by atoms with Gasteiger partial charge in [-0.1, -0.05) is 31.5 Å². The molecule has 1 aromatic heterocycles. The maximum absolute atomic E-state index is 12.7. The minimum Gasteiger partial charge on any atom is -0.399 e. The predicted molar refractivity (Wildman–Crippen MR) is 85.0 cm³/mol. The van der Waals surface area contributed by atoms with Gasteiger partial charge in [0, 0.05) is 23.0 Å². The minimum atomic E-state index is 0.0892. The first-order valence-electron chi connectivity index (χ1n) is 7.03. The normalized spacial score (nSPS) is 11.2. The van der Waals surface area contributed by atoms with E-state index in [0.29, 0.717) is 0 Å². The van der Waals surface area contributed by atoms with E-state index in [4.69, 9.17) is 5.73 Å². The van der Waals surface area contributed by atoms with Crippen LogP contribution in [-0.2, 0) is 6.54 Å². The lowest BCUT2D eigenvalue weighted by Gasteiger charge is -2.13.